The third kappa shape index (κ3) is 4.24. The zero-order valence-electron chi connectivity index (χ0n) is 13.4. The highest BCUT2D eigenvalue weighted by molar-refractivity contribution is 4.89. The number of hydrogen-bond donors (Lipinski definition) is 1. The Kier molecular flexibility index (Phi) is 6.13. The SMILES string of the molecule is CNCC1(CN(C)C(C)C(C)C)CCC(C)CC1. The summed E-state index contributed by atoms with van der Waals surface area (Å²) in [5.74, 6) is 1.67. The van der Waals surface area contributed by atoms with Crippen LogP contribution in [-0.4, -0.2) is 38.1 Å². The normalized spacial score (nSPS) is 31.0. The van der Waals surface area contributed by atoms with Gasteiger partial charge in [0.05, 0.1) is 0 Å². The Bertz CT molecular complexity index is 229. The Balaban J connectivity index is 2.62. The Morgan fingerprint density at radius 2 is 1.78 bits per heavy atom. The quantitative estimate of drug-likeness (QED) is 0.782. The highest BCUT2D eigenvalue weighted by Gasteiger charge is 2.35. The van der Waals surface area contributed by atoms with E-state index in [1.54, 1.807) is 0 Å². The van der Waals surface area contributed by atoms with E-state index in [0.29, 0.717) is 11.5 Å². The minimum atomic E-state index is 0.513. The van der Waals surface area contributed by atoms with E-state index < -0.39 is 0 Å². The van der Waals surface area contributed by atoms with Crippen LogP contribution in [-0.2, 0) is 0 Å². The fourth-order valence-corrected chi connectivity index (χ4v) is 3.32. The van der Waals surface area contributed by atoms with E-state index in [1.807, 2.05) is 0 Å². The van der Waals surface area contributed by atoms with Gasteiger partial charge in [0.2, 0.25) is 0 Å². The topological polar surface area (TPSA) is 15.3 Å². The highest BCUT2D eigenvalue weighted by atomic mass is 15.1. The lowest BCUT2D eigenvalue weighted by Gasteiger charge is -2.44. The van der Waals surface area contributed by atoms with Crippen molar-refractivity contribution in [3.63, 3.8) is 0 Å². The minimum Gasteiger partial charge on any atom is -0.319 e. The predicted octanol–water partition coefficient (Wildman–Crippen LogP) is 3.38. The second kappa shape index (κ2) is 6.91. The zero-order valence-corrected chi connectivity index (χ0v) is 13.4. The van der Waals surface area contributed by atoms with Crippen molar-refractivity contribution in [3.8, 4) is 0 Å². The van der Waals surface area contributed by atoms with Gasteiger partial charge in [-0.25, -0.2) is 0 Å². The number of hydrogen-bond acceptors (Lipinski definition) is 2. The van der Waals surface area contributed by atoms with Crippen molar-refractivity contribution >= 4 is 0 Å². The smallest absolute Gasteiger partial charge is 0.00871 e. The first-order valence-electron chi connectivity index (χ1n) is 7.75. The molecule has 1 aliphatic rings. The second-order valence-corrected chi connectivity index (χ2v) is 7.11. The van der Waals surface area contributed by atoms with Crippen LogP contribution in [0.3, 0.4) is 0 Å². The maximum atomic E-state index is 3.44. The minimum absolute atomic E-state index is 0.513. The molecule has 0 bridgehead atoms. The van der Waals surface area contributed by atoms with Crippen LogP contribution >= 0.6 is 0 Å². The molecule has 1 rings (SSSR count). The van der Waals surface area contributed by atoms with Crippen LogP contribution in [0.5, 0.6) is 0 Å². The lowest BCUT2D eigenvalue weighted by Crippen LogP contribution is -2.47. The molecule has 2 nitrogen and oxygen atoms in total. The van der Waals surface area contributed by atoms with Gasteiger partial charge in [0, 0.05) is 19.1 Å². The molecule has 0 spiro atoms. The fraction of sp³-hybridized carbons (Fsp3) is 1.00. The average molecular weight is 254 g/mol. The van der Waals surface area contributed by atoms with Gasteiger partial charge in [-0.05, 0) is 51.1 Å². The van der Waals surface area contributed by atoms with Gasteiger partial charge in [-0.2, -0.15) is 0 Å². The van der Waals surface area contributed by atoms with Gasteiger partial charge in [-0.3, -0.25) is 0 Å². The fourth-order valence-electron chi connectivity index (χ4n) is 3.32. The zero-order chi connectivity index (χ0) is 13.8. The third-order valence-corrected chi connectivity index (χ3v) is 5.13. The van der Waals surface area contributed by atoms with E-state index in [-0.39, 0.29) is 0 Å². The molecule has 0 radical (unpaired) electrons. The van der Waals surface area contributed by atoms with Crippen molar-refractivity contribution in [3.05, 3.63) is 0 Å². The van der Waals surface area contributed by atoms with Crippen LogP contribution in [0, 0.1) is 17.3 Å². The van der Waals surface area contributed by atoms with E-state index in [4.69, 9.17) is 0 Å². The Morgan fingerprint density at radius 3 is 2.22 bits per heavy atom. The summed E-state index contributed by atoms with van der Waals surface area (Å²) in [7, 11) is 4.41. The second-order valence-electron chi connectivity index (χ2n) is 7.11. The number of rotatable bonds is 6. The molecule has 1 saturated carbocycles. The van der Waals surface area contributed by atoms with Gasteiger partial charge in [-0.1, -0.05) is 33.6 Å². The van der Waals surface area contributed by atoms with E-state index >= 15 is 0 Å². The number of nitrogens with one attached hydrogen (secondary N) is 1. The van der Waals surface area contributed by atoms with Gasteiger partial charge in [0.15, 0.2) is 0 Å². The van der Waals surface area contributed by atoms with Gasteiger partial charge < -0.3 is 10.2 Å². The summed E-state index contributed by atoms with van der Waals surface area (Å²) in [6.07, 6.45) is 5.60. The lowest BCUT2D eigenvalue weighted by molar-refractivity contribution is 0.0727. The maximum absolute atomic E-state index is 3.44. The molecule has 0 saturated heterocycles. The largest absolute Gasteiger partial charge is 0.319 e. The van der Waals surface area contributed by atoms with Crippen LogP contribution in [0.2, 0.25) is 0 Å². The molecule has 0 aliphatic heterocycles. The standard InChI is InChI=1S/C16H34N2/c1-13(2)15(4)18(6)12-16(11-17-5)9-7-14(3)8-10-16/h13-15,17H,7-12H2,1-6H3. The molecule has 0 heterocycles. The van der Waals surface area contributed by atoms with Crippen LogP contribution in [0.1, 0.15) is 53.4 Å². The molecule has 0 aromatic heterocycles. The Labute approximate surface area is 115 Å². The van der Waals surface area contributed by atoms with Crippen LogP contribution in [0.4, 0.5) is 0 Å². The molecule has 1 atom stereocenters. The first-order chi connectivity index (χ1) is 8.40. The Morgan fingerprint density at radius 1 is 1.22 bits per heavy atom. The van der Waals surface area contributed by atoms with E-state index in [2.05, 4.69) is 52.0 Å². The van der Waals surface area contributed by atoms with Crippen molar-refractivity contribution in [1.82, 2.24) is 10.2 Å². The van der Waals surface area contributed by atoms with Crippen molar-refractivity contribution in [2.45, 2.75) is 59.4 Å². The lowest BCUT2D eigenvalue weighted by atomic mass is 9.70. The van der Waals surface area contributed by atoms with Crippen molar-refractivity contribution in [1.29, 1.82) is 0 Å². The highest BCUT2D eigenvalue weighted by Crippen LogP contribution is 2.39. The monoisotopic (exact) mass is 254 g/mol. The van der Waals surface area contributed by atoms with E-state index in [9.17, 15) is 0 Å². The molecule has 0 aromatic rings. The Hall–Kier alpha value is -0.0800. The first kappa shape index (κ1) is 16.0. The van der Waals surface area contributed by atoms with Gasteiger partial charge in [-0.15, -0.1) is 0 Å². The molecule has 1 unspecified atom stereocenters. The maximum Gasteiger partial charge on any atom is 0.00871 e. The summed E-state index contributed by atoms with van der Waals surface area (Å²) in [6, 6.07) is 0.679. The summed E-state index contributed by atoms with van der Waals surface area (Å²) >= 11 is 0. The molecule has 1 fully saturated rings. The van der Waals surface area contributed by atoms with Crippen LogP contribution in [0.15, 0.2) is 0 Å². The average Bonchev–Trinajstić information content (AvgIpc) is 2.32. The molecule has 0 aromatic carbocycles. The molecule has 1 N–H and O–H groups in total. The molecule has 0 amide bonds. The van der Waals surface area contributed by atoms with Crippen molar-refractivity contribution in [2.75, 3.05) is 27.2 Å². The van der Waals surface area contributed by atoms with Crippen LogP contribution < -0.4 is 5.32 Å². The first-order valence-corrected chi connectivity index (χ1v) is 7.75. The molecular weight excluding hydrogens is 220 g/mol. The summed E-state index contributed by atoms with van der Waals surface area (Å²) in [5.41, 5.74) is 0.513. The van der Waals surface area contributed by atoms with Crippen molar-refractivity contribution < 1.29 is 0 Å². The summed E-state index contributed by atoms with van der Waals surface area (Å²) < 4.78 is 0. The van der Waals surface area contributed by atoms with E-state index in [1.165, 1.54) is 38.8 Å². The third-order valence-electron chi connectivity index (χ3n) is 5.13. The molecule has 108 valence electrons. The molecule has 1 aliphatic carbocycles. The predicted molar refractivity (Wildman–Crippen MR) is 80.9 cm³/mol. The molecule has 18 heavy (non-hydrogen) atoms. The van der Waals surface area contributed by atoms with Crippen LogP contribution in [0.25, 0.3) is 0 Å². The summed E-state index contributed by atoms with van der Waals surface area (Å²) in [4.78, 5) is 2.58. The van der Waals surface area contributed by atoms with E-state index in [0.717, 1.165) is 11.8 Å². The summed E-state index contributed by atoms with van der Waals surface area (Å²) in [6.45, 7) is 11.9. The van der Waals surface area contributed by atoms with Gasteiger partial charge in [0.1, 0.15) is 0 Å². The molecular formula is C16H34N2. The van der Waals surface area contributed by atoms with Gasteiger partial charge >= 0.3 is 0 Å². The van der Waals surface area contributed by atoms with Gasteiger partial charge in [0.25, 0.3) is 0 Å². The number of nitrogens with zero attached hydrogens (tertiary/aromatic N) is 1. The summed E-state index contributed by atoms with van der Waals surface area (Å²) in [5, 5.41) is 3.44. The van der Waals surface area contributed by atoms with Crippen molar-refractivity contribution in [2.24, 2.45) is 17.3 Å². The molecule has 2 heteroatoms.